The molecule has 1 aromatic rings. The molecule has 78 valence electrons. The van der Waals surface area contributed by atoms with Gasteiger partial charge in [0.05, 0.1) is 19.3 Å². The smallest absolute Gasteiger partial charge is 0.208 e. The van der Waals surface area contributed by atoms with E-state index < -0.39 is 0 Å². The van der Waals surface area contributed by atoms with E-state index in [1.54, 1.807) is 11.0 Å². The van der Waals surface area contributed by atoms with E-state index in [4.69, 9.17) is 22.7 Å². The van der Waals surface area contributed by atoms with Crippen molar-refractivity contribution in [2.75, 3.05) is 6.61 Å². The molecular weight excluding hydrogens is 200 g/mol. The van der Waals surface area contributed by atoms with Crippen LogP contribution in [-0.4, -0.2) is 32.5 Å². The molecule has 5 nitrogen and oxygen atoms in total. The van der Waals surface area contributed by atoms with Crippen molar-refractivity contribution in [3.63, 3.8) is 0 Å². The molecule has 1 aromatic heterocycles. The highest BCUT2D eigenvalue weighted by atomic mass is 32.1. The summed E-state index contributed by atoms with van der Waals surface area (Å²) in [5.41, 5.74) is 5.37. The lowest BCUT2D eigenvalue weighted by atomic mass is 10.5. The van der Waals surface area contributed by atoms with Crippen molar-refractivity contribution in [3.8, 4) is 0 Å². The average Bonchev–Trinajstić information content (AvgIpc) is 2.52. The molecule has 1 rings (SSSR count). The van der Waals surface area contributed by atoms with Crippen LogP contribution in [0.4, 0.5) is 0 Å². The maximum atomic E-state index is 5.37. The molecule has 0 spiro atoms. The van der Waals surface area contributed by atoms with Crippen LogP contribution >= 0.6 is 12.2 Å². The van der Waals surface area contributed by atoms with E-state index in [9.17, 15) is 0 Å². The number of nitrogens with two attached hydrogens (primary N) is 1. The van der Waals surface area contributed by atoms with Gasteiger partial charge in [0.2, 0.25) is 5.82 Å². The number of thiocarbonyl (C=S) groups is 1. The molecule has 0 unspecified atom stereocenters. The van der Waals surface area contributed by atoms with E-state index in [0.29, 0.717) is 19.0 Å². The Bertz CT molecular complexity index is 310. The van der Waals surface area contributed by atoms with Gasteiger partial charge in [0.25, 0.3) is 0 Å². The molecular formula is C8H14N4OS. The standard InChI is InChI=1S/C8H14N4OS/c1-6(2)13-4-3-12-5-10-8(11-12)7(9)14/h5-6H,3-4H2,1-2H3,(H2,9,14). The predicted molar refractivity (Wildman–Crippen MR) is 57.0 cm³/mol. The maximum absolute atomic E-state index is 5.37. The van der Waals surface area contributed by atoms with Crippen molar-refractivity contribution in [1.82, 2.24) is 14.8 Å². The van der Waals surface area contributed by atoms with Gasteiger partial charge in [-0.3, -0.25) is 0 Å². The van der Waals surface area contributed by atoms with E-state index in [1.165, 1.54) is 0 Å². The van der Waals surface area contributed by atoms with Crippen molar-refractivity contribution in [3.05, 3.63) is 12.2 Å². The molecule has 0 saturated heterocycles. The van der Waals surface area contributed by atoms with Crippen LogP contribution in [0.25, 0.3) is 0 Å². The Balaban J connectivity index is 2.40. The molecule has 0 aliphatic rings. The zero-order valence-corrected chi connectivity index (χ0v) is 9.12. The van der Waals surface area contributed by atoms with Crippen LogP contribution in [0, 0.1) is 0 Å². The molecule has 2 N–H and O–H groups in total. The summed E-state index contributed by atoms with van der Waals surface area (Å²) in [7, 11) is 0. The fourth-order valence-corrected chi connectivity index (χ4v) is 0.991. The van der Waals surface area contributed by atoms with E-state index in [1.807, 2.05) is 13.8 Å². The van der Waals surface area contributed by atoms with Gasteiger partial charge in [-0.25, -0.2) is 9.67 Å². The van der Waals surface area contributed by atoms with Crippen molar-refractivity contribution >= 4 is 17.2 Å². The molecule has 0 saturated carbocycles. The van der Waals surface area contributed by atoms with Crippen molar-refractivity contribution in [2.45, 2.75) is 26.5 Å². The second-order valence-electron chi connectivity index (χ2n) is 3.12. The van der Waals surface area contributed by atoms with Gasteiger partial charge in [0.1, 0.15) is 11.3 Å². The normalized spacial score (nSPS) is 10.8. The number of ether oxygens (including phenoxy) is 1. The minimum absolute atomic E-state index is 0.216. The second-order valence-corrected chi connectivity index (χ2v) is 3.55. The third-order valence-electron chi connectivity index (χ3n) is 1.53. The molecule has 0 bridgehead atoms. The lowest BCUT2D eigenvalue weighted by molar-refractivity contribution is 0.0709. The molecule has 14 heavy (non-hydrogen) atoms. The van der Waals surface area contributed by atoms with Gasteiger partial charge < -0.3 is 10.5 Å². The third-order valence-corrected chi connectivity index (χ3v) is 1.71. The van der Waals surface area contributed by atoms with Gasteiger partial charge in [0, 0.05) is 0 Å². The van der Waals surface area contributed by atoms with Gasteiger partial charge in [0.15, 0.2) is 0 Å². The van der Waals surface area contributed by atoms with Gasteiger partial charge >= 0.3 is 0 Å². The summed E-state index contributed by atoms with van der Waals surface area (Å²) in [6.45, 7) is 5.25. The Morgan fingerprint density at radius 3 is 2.93 bits per heavy atom. The van der Waals surface area contributed by atoms with Crippen LogP contribution in [0.5, 0.6) is 0 Å². The van der Waals surface area contributed by atoms with Crippen LogP contribution < -0.4 is 5.73 Å². The molecule has 0 aromatic carbocycles. The molecule has 0 aliphatic carbocycles. The molecule has 0 aliphatic heterocycles. The molecule has 0 atom stereocenters. The Kier molecular flexibility index (Phi) is 3.97. The molecule has 0 fully saturated rings. The van der Waals surface area contributed by atoms with Gasteiger partial charge in [-0.2, -0.15) is 0 Å². The highest BCUT2D eigenvalue weighted by Gasteiger charge is 2.02. The zero-order chi connectivity index (χ0) is 10.6. The highest BCUT2D eigenvalue weighted by Crippen LogP contribution is 1.92. The van der Waals surface area contributed by atoms with Crippen molar-refractivity contribution in [1.29, 1.82) is 0 Å². The number of nitrogens with zero attached hydrogens (tertiary/aromatic N) is 3. The summed E-state index contributed by atoms with van der Waals surface area (Å²) in [5.74, 6) is 0.407. The fourth-order valence-electron chi connectivity index (χ4n) is 0.897. The van der Waals surface area contributed by atoms with E-state index in [2.05, 4.69) is 10.1 Å². The van der Waals surface area contributed by atoms with Crippen LogP contribution in [0.15, 0.2) is 6.33 Å². The van der Waals surface area contributed by atoms with Gasteiger partial charge in [-0.05, 0) is 13.8 Å². The number of hydrogen-bond acceptors (Lipinski definition) is 4. The summed E-state index contributed by atoms with van der Waals surface area (Å²) in [5, 5.41) is 4.07. The summed E-state index contributed by atoms with van der Waals surface area (Å²) < 4.78 is 7.03. The monoisotopic (exact) mass is 214 g/mol. The lowest BCUT2D eigenvalue weighted by Gasteiger charge is -2.06. The first-order chi connectivity index (χ1) is 6.59. The van der Waals surface area contributed by atoms with Gasteiger partial charge in [-0.1, -0.05) is 12.2 Å². The maximum Gasteiger partial charge on any atom is 0.208 e. The average molecular weight is 214 g/mol. The first-order valence-corrected chi connectivity index (χ1v) is 4.81. The predicted octanol–water partition coefficient (Wildman–Crippen LogP) is 0.337. The van der Waals surface area contributed by atoms with Crippen LogP contribution in [0.2, 0.25) is 0 Å². The Morgan fingerprint density at radius 1 is 1.71 bits per heavy atom. The minimum Gasteiger partial charge on any atom is -0.387 e. The highest BCUT2D eigenvalue weighted by molar-refractivity contribution is 7.80. The summed E-state index contributed by atoms with van der Waals surface area (Å²) in [4.78, 5) is 4.16. The first kappa shape index (κ1) is 11.1. The number of hydrogen-bond donors (Lipinski definition) is 1. The SMILES string of the molecule is CC(C)OCCn1cnc(C(N)=S)n1. The molecule has 0 radical (unpaired) electrons. The van der Waals surface area contributed by atoms with E-state index in [-0.39, 0.29) is 11.1 Å². The zero-order valence-electron chi connectivity index (χ0n) is 8.30. The molecule has 6 heteroatoms. The van der Waals surface area contributed by atoms with Crippen LogP contribution in [0.3, 0.4) is 0 Å². The number of aromatic nitrogens is 3. The topological polar surface area (TPSA) is 66.0 Å². The molecule has 1 heterocycles. The van der Waals surface area contributed by atoms with Gasteiger partial charge in [-0.15, -0.1) is 5.10 Å². The fraction of sp³-hybridized carbons (Fsp3) is 0.625. The second kappa shape index (κ2) is 5.02. The largest absolute Gasteiger partial charge is 0.387 e. The van der Waals surface area contributed by atoms with E-state index >= 15 is 0 Å². The van der Waals surface area contributed by atoms with E-state index in [0.717, 1.165) is 0 Å². The lowest BCUT2D eigenvalue weighted by Crippen LogP contribution is -2.14. The first-order valence-electron chi connectivity index (χ1n) is 4.40. The van der Waals surface area contributed by atoms with Crippen LogP contribution in [0.1, 0.15) is 19.7 Å². The minimum atomic E-state index is 0.216. The van der Waals surface area contributed by atoms with Crippen LogP contribution in [-0.2, 0) is 11.3 Å². The Hall–Kier alpha value is -1.01. The quantitative estimate of drug-likeness (QED) is 0.716. The summed E-state index contributed by atoms with van der Waals surface area (Å²) in [6, 6.07) is 0. The summed E-state index contributed by atoms with van der Waals surface area (Å²) >= 11 is 4.74. The van der Waals surface area contributed by atoms with Crippen molar-refractivity contribution < 1.29 is 4.74 Å². The summed E-state index contributed by atoms with van der Waals surface area (Å²) in [6.07, 6.45) is 1.83. The number of rotatable bonds is 5. The third kappa shape index (κ3) is 3.39. The molecule has 0 amide bonds. The Morgan fingerprint density at radius 2 is 2.43 bits per heavy atom. The Labute approximate surface area is 88.3 Å². The van der Waals surface area contributed by atoms with Crippen molar-refractivity contribution in [2.24, 2.45) is 5.73 Å².